The van der Waals surface area contributed by atoms with Gasteiger partial charge in [-0.1, -0.05) is 6.07 Å². The lowest BCUT2D eigenvalue weighted by Gasteiger charge is -2.11. The van der Waals surface area contributed by atoms with Gasteiger partial charge in [-0.15, -0.1) is 0 Å². The van der Waals surface area contributed by atoms with Crippen molar-refractivity contribution in [1.29, 1.82) is 0 Å². The first-order valence-electron chi connectivity index (χ1n) is 5.87. The fourth-order valence-electron chi connectivity index (χ4n) is 1.73. The second kappa shape index (κ2) is 5.56. The van der Waals surface area contributed by atoms with Crippen LogP contribution in [0.15, 0.2) is 41.4 Å². The first-order valence-corrected chi connectivity index (χ1v) is 7.35. The summed E-state index contributed by atoms with van der Waals surface area (Å²) < 4.78 is 40.5. The first-order chi connectivity index (χ1) is 9.44. The molecule has 2 rings (SSSR count). The molecule has 106 valence electrons. The van der Waals surface area contributed by atoms with Gasteiger partial charge in [-0.25, -0.2) is 12.8 Å². The van der Waals surface area contributed by atoms with Crippen LogP contribution in [0.25, 0.3) is 0 Å². The average Bonchev–Trinajstić information content (AvgIpc) is 2.41. The van der Waals surface area contributed by atoms with E-state index in [1.807, 2.05) is 0 Å². The number of halogens is 1. The molecule has 7 heteroatoms. The van der Waals surface area contributed by atoms with Crippen molar-refractivity contribution in [2.45, 2.75) is 18.4 Å². The van der Waals surface area contributed by atoms with Crippen molar-refractivity contribution in [3.05, 3.63) is 53.6 Å². The zero-order chi connectivity index (χ0) is 14.8. The monoisotopic (exact) mass is 295 g/mol. The van der Waals surface area contributed by atoms with E-state index >= 15 is 0 Å². The third kappa shape index (κ3) is 2.94. The number of aryl methyl sites for hydroxylation is 1. The number of aromatic nitrogens is 1. The fraction of sp³-hybridized carbons (Fsp3) is 0.154. The topological polar surface area (TPSA) is 85.1 Å². The van der Waals surface area contributed by atoms with E-state index < -0.39 is 15.8 Å². The van der Waals surface area contributed by atoms with Gasteiger partial charge in [0, 0.05) is 17.8 Å². The van der Waals surface area contributed by atoms with E-state index in [4.69, 9.17) is 5.73 Å². The van der Waals surface area contributed by atoms with Gasteiger partial charge in [-0.05, 0) is 31.2 Å². The molecule has 2 aromatic rings. The van der Waals surface area contributed by atoms with E-state index in [9.17, 15) is 12.8 Å². The summed E-state index contributed by atoms with van der Waals surface area (Å²) in [5, 5.41) is 0. The van der Waals surface area contributed by atoms with Crippen molar-refractivity contribution in [2.75, 3.05) is 4.72 Å². The molecule has 0 aliphatic carbocycles. The second-order valence-electron chi connectivity index (χ2n) is 4.21. The van der Waals surface area contributed by atoms with E-state index in [2.05, 4.69) is 9.71 Å². The van der Waals surface area contributed by atoms with Gasteiger partial charge in [-0.3, -0.25) is 9.71 Å². The highest BCUT2D eigenvalue weighted by atomic mass is 32.2. The molecule has 0 aliphatic rings. The minimum absolute atomic E-state index is 0.0416. The maximum atomic E-state index is 13.6. The molecule has 1 aromatic carbocycles. The summed E-state index contributed by atoms with van der Waals surface area (Å²) in [6.45, 7) is 1.59. The molecular weight excluding hydrogens is 281 g/mol. The zero-order valence-corrected chi connectivity index (χ0v) is 11.6. The molecule has 3 N–H and O–H groups in total. The predicted molar refractivity (Wildman–Crippen MR) is 74.1 cm³/mol. The number of sulfonamides is 1. The van der Waals surface area contributed by atoms with Crippen molar-refractivity contribution < 1.29 is 12.8 Å². The lowest BCUT2D eigenvalue weighted by molar-refractivity contribution is 0.585. The SMILES string of the molecule is Cc1ccc(NS(=O)(=O)c2cccc(F)c2CN)cn1. The molecule has 0 spiro atoms. The predicted octanol–water partition coefficient (Wildman–Crippen LogP) is 1.79. The Morgan fingerprint density at radius 2 is 2.05 bits per heavy atom. The van der Waals surface area contributed by atoms with Gasteiger partial charge in [-0.2, -0.15) is 0 Å². The summed E-state index contributed by atoms with van der Waals surface area (Å²) in [5.74, 6) is -0.641. The van der Waals surface area contributed by atoms with E-state index in [-0.39, 0.29) is 17.0 Å². The van der Waals surface area contributed by atoms with Crippen molar-refractivity contribution in [2.24, 2.45) is 5.73 Å². The highest BCUT2D eigenvalue weighted by Gasteiger charge is 2.20. The van der Waals surface area contributed by atoms with Crippen LogP contribution >= 0.6 is 0 Å². The number of benzene rings is 1. The lowest BCUT2D eigenvalue weighted by atomic mass is 10.2. The number of rotatable bonds is 4. The third-order valence-electron chi connectivity index (χ3n) is 2.73. The summed E-state index contributed by atoms with van der Waals surface area (Å²) in [4.78, 5) is 3.83. The summed E-state index contributed by atoms with van der Waals surface area (Å²) in [6, 6.07) is 7.08. The van der Waals surface area contributed by atoms with E-state index in [1.165, 1.54) is 24.4 Å². The Bertz CT molecular complexity index is 715. The number of pyridine rings is 1. The molecule has 0 saturated heterocycles. The standard InChI is InChI=1S/C13H14FN3O2S/c1-9-5-6-10(8-16-9)17-20(18,19)13-4-2-3-12(14)11(13)7-15/h2-6,8,17H,7,15H2,1H3. The molecule has 1 heterocycles. The van der Waals surface area contributed by atoms with Gasteiger partial charge < -0.3 is 5.73 Å². The van der Waals surface area contributed by atoms with Crippen LogP contribution < -0.4 is 10.5 Å². The molecule has 0 fully saturated rings. The van der Waals surface area contributed by atoms with Crippen LogP contribution in [0.3, 0.4) is 0 Å². The van der Waals surface area contributed by atoms with Crippen LogP contribution in [0, 0.1) is 12.7 Å². The Kier molecular flexibility index (Phi) is 4.01. The fourth-order valence-corrected chi connectivity index (χ4v) is 3.03. The Morgan fingerprint density at radius 3 is 2.65 bits per heavy atom. The largest absolute Gasteiger partial charge is 0.326 e. The third-order valence-corrected chi connectivity index (χ3v) is 4.20. The van der Waals surface area contributed by atoms with Crippen molar-refractivity contribution in [1.82, 2.24) is 4.98 Å². The van der Waals surface area contributed by atoms with Crippen molar-refractivity contribution in [3.63, 3.8) is 0 Å². The van der Waals surface area contributed by atoms with Crippen molar-refractivity contribution >= 4 is 15.7 Å². The second-order valence-corrected chi connectivity index (χ2v) is 5.87. The smallest absolute Gasteiger partial charge is 0.262 e. The summed E-state index contributed by atoms with van der Waals surface area (Å²) >= 11 is 0. The average molecular weight is 295 g/mol. The van der Waals surface area contributed by atoms with E-state index in [0.717, 1.165) is 5.69 Å². The van der Waals surface area contributed by atoms with Gasteiger partial charge in [0.2, 0.25) is 0 Å². The summed E-state index contributed by atoms with van der Waals surface area (Å²) in [6.07, 6.45) is 1.40. The van der Waals surface area contributed by atoms with Crippen LogP contribution in [0.4, 0.5) is 10.1 Å². The highest BCUT2D eigenvalue weighted by Crippen LogP contribution is 2.21. The van der Waals surface area contributed by atoms with Crippen LogP contribution in [0.2, 0.25) is 0 Å². The van der Waals surface area contributed by atoms with Gasteiger partial charge in [0.1, 0.15) is 5.82 Å². The molecule has 0 aliphatic heterocycles. The van der Waals surface area contributed by atoms with Crippen LogP contribution in [-0.2, 0) is 16.6 Å². The normalized spacial score (nSPS) is 11.3. The minimum atomic E-state index is -3.90. The molecular formula is C13H14FN3O2S. The number of nitrogens with one attached hydrogen (secondary N) is 1. The summed E-state index contributed by atoms with van der Waals surface area (Å²) in [7, 11) is -3.90. The molecule has 20 heavy (non-hydrogen) atoms. The molecule has 0 radical (unpaired) electrons. The lowest BCUT2D eigenvalue weighted by Crippen LogP contribution is -2.17. The van der Waals surface area contributed by atoms with Crippen LogP contribution in [0.1, 0.15) is 11.3 Å². The maximum Gasteiger partial charge on any atom is 0.262 e. The molecule has 0 saturated carbocycles. The Balaban J connectivity index is 2.41. The van der Waals surface area contributed by atoms with E-state index in [1.54, 1.807) is 19.1 Å². The number of hydrogen-bond acceptors (Lipinski definition) is 4. The molecule has 1 aromatic heterocycles. The first kappa shape index (κ1) is 14.4. The van der Waals surface area contributed by atoms with E-state index in [0.29, 0.717) is 5.69 Å². The number of hydrogen-bond donors (Lipinski definition) is 2. The number of nitrogens with two attached hydrogens (primary N) is 1. The molecule has 0 atom stereocenters. The quantitative estimate of drug-likeness (QED) is 0.900. The number of anilines is 1. The van der Waals surface area contributed by atoms with Crippen molar-refractivity contribution in [3.8, 4) is 0 Å². The molecule has 0 bridgehead atoms. The minimum Gasteiger partial charge on any atom is -0.326 e. The van der Waals surface area contributed by atoms with Gasteiger partial charge in [0.15, 0.2) is 0 Å². The maximum absolute atomic E-state index is 13.6. The van der Waals surface area contributed by atoms with Gasteiger partial charge in [0.25, 0.3) is 10.0 Å². The van der Waals surface area contributed by atoms with Gasteiger partial charge >= 0.3 is 0 Å². The van der Waals surface area contributed by atoms with Gasteiger partial charge in [0.05, 0.1) is 16.8 Å². The molecule has 0 unspecified atom stereocenters. The van der Waals surface area contributed by atoms with Crippen LogP contribution in [-0.4, -0.2) is 13.4 Å². The highest BCUT2D eigenvalue weighted by molar-refractivity contribution is 7.92. The molecule has 5 nitrogen and oxygen atoms in total. The molecule has 0 amide bonds. The number of nitrogens with zero attached hydrogens (tertiary/aromatic N) is 1. The Morgan fingerprint density at radius 1 is 1.30 bits per heavy atom. The Hall–Kier alpha value is -1.99. The Labute approximate surface area is 116 Å². The summed E-state index contributed by atoms with van der Waals surface area (Å²) in [5.41, 5.74) is 6.45. The van der Waals surface area contributed by atoms with Crippen LogP contribution in [0.5, 0.6) is 0 Å². The zero-order valence-electron chi connectivity index (χ0n) is 10.8.